The number of carbonyl (C=O) groups is 1. The molecule has 5 rings (SSSR count). The summed E-state index contributed by atoms with van der Waals surface area (Å²) in [4.78, 5) is 12.1. The molecule has 0 saturated heterocycles. The van der Waals surface area contributed by atoms with Crippen molar-refractivity contribution < 1.29 is 40.3 Å². The van der Waals surface area contributed by atoms with Crippen molar-refractivity contribution in [2.75, 3.05) is 5.48 Å². The molecule has 0 unspecified atom stereocenters. The summed E-state index contributed by atoms with van der Waals surface area (Å²) in [6.45, 7) is 11.1. The van der Waals surface area contributed by atoms with Crippen molar-refractivity contribution in [3.05, 3.63) is 70.3 Å². The van der Waals surface area contributed by atoms with Crippen molar-refractivity contribution in [3.63, 3.8) is 0 Å². The van der Waals surface area contributed by atoms with Crippen LogP contribution in [0.5, 0.6) is 40.2 Å². The first-order valence-corrected chi connectivity index (χ1v) is 14.2. The SMILES string of the molecule is Cc1cc2c(C(C)C)c(Oc3ccc(NO)cc3)c(O)cc2c(O)c1-c1c(C)cc2c(C(C)C)c(O)c(O)c(C=O)c2c1O. The minimum Gasteiger partial charge on any atom is -0.507 e. The molecule has 7 N–H and O–H groups in total. The van der Waals surface area contributed by atoms with Crippen LogP contribution in [0.2, 0.25) is 0 Å². The third-order valence-electron chi connectivity index (χ3n) is 8.10. The molecule has 0 aliphatic rings. The van der Waals surface area contributed by atoms with Gasteiger partial charge in [0, 0.05) is 33.0 Å². The number of ether oxygens (including phenoxy) is 1. The molecule has 5 aromatic rings. The number of aldehydes is 1. The van der Waals surface area contributed by atoms with Gasteiger partial charge in [-0.3, -0.25) is 15.5 Å². The molecular weight excluding hydrogens is 562 g/mol. The van der Waals surface area contributed by atoms with E-state index in [-0.39, 0.29) is 51.3 Å². The van der Waals surface area contributed by atoms with Gasteiger partial charge in [-0.2, -0.15) is 0 Å². The van der Waals surface area contributed by atoms with Crippen LogP contribution in [0.15, 0.2) is 42.5 Å². The zero-order chi connectivity index (χ0) is 32.2. The first-order chi connectivity index (χ1) is 20.8. The van der Waals surface area contributed by atoms with Gasteiger partial charge in [0.2, 0.25) is 0 Å². The molecule has 228 valence electrons. The second kappa shape index (κ2) is 11.2. The van der Waals surface area contributed by atoms with Gasteiger partial charge in [0.15, 0.2) is 29.3 Å². The summed E-state index contributed by atoms with van der Waals surface area (Å²) in [6.07, 6.45) is 0.385. The van der Waals surface area contributed by atoms with E-state index in [1.807, 2.05) is 33.8 Å². The number of anilines is 1. The van der Waals surface area contributed by atoms with Gasteiger partial charge in [-0.15, -0.1) is 0 Å². The smallest absolute Gasteiger partial charge is 0.173 e. The minimum atomic E-state index is -0.623. The Labute approximate surface area is 254 Å². The second-order valence-electron chi connectivity index (χ2n) is 11.7. The predicted octanol–water partition coefficient (Wildman–Crippen LogP) is 8.46. The Morgan fingerprint density at radius 3 is 1.82 bits per heavy atom. The maximum absolute atomic E-state index is 12.1. The number of benzene rings is 5. The fraction of sp³-hybridized carbons (Fsp3) is 0.229. The van der Waals surface area contributed by atoms with E-state index in [0.29, 0.717) is 61.7 Å². The summed E-state index contributed by atoms with van der Waals surface area (Å²) in [5.41, 5.74) is 5.01. The topological polar surface area (TPSA) is 160 Å². The third-order valence-corrected chi connectivity index (χ3v) is 8.10. The lowest BCUT2D eigenvalue weighted by atomic mass is 9.84. The van der Waals surface area contributed by atoms with Gasteiger partial charge in [0.05, 0.1) is 11.3 Å². The zero-order valence-electron chi connectivity index (χ0n) is 25.3. The molecular formula is C35H35NO8. The highest BCUT2D eigenvalue weighted by Crippen LogP contribution is 2.53. The van der Waals surface area contributed by atoms with Crippen LogP contribution in [-0.4, -0.2) is 37.0 Å². The molecule has 0 spiro atoms. The van der Waals surface area contributed by atoms with E-state index in [4.69, 9.17) is 9.94 Å². The van der Waals surface area contributed by atoms with Crippen molar-refractivity contribution in [2.45, 2.75) is 53.4 Å². The number of rotatable bonds is 7. The van der Waals surface area contributed by atoms with E-state index in [2.05, 4.69) is 5.48 Å². The van der Waals surface area contributed by atoms with Crippen LogP contribution >= 0.6 is 0 Å². The lowest BCUT2D eigenvalue weighted by Crippen LogP contribution is -2.00. The Bertz CT molecular complexity index is 1960. The van der Waals surface area contributed by atoms with Crippen LogP contribution in [0.25, 0.3) is 32.7 Å². The summed E-state index contributed by atoms with van der Waals surface area (Å²) in [5, 5.41) is 66.7. The molecule has 9 heteroatoms. The molecule has 0 bridgehead atoms. The van der Waals surface area contributed by atoms with Crippen LogP contribution in [0.4, 0.5) is 5.69 Å². The number of carbonyl (C=O) groups excluding carboxylic acids is 1. The predicted molar refractivity (Wildman–Crippen MR) is 170 cm³/mol. The molecule has 5 aromatic carbocycles. The van der Waals surface area contributed by atoms with Crippen molar-refractivity contribution in [1.82, 2.24) is 0 Å². The van der Waals surface area contributed by atoms with Crippen LogP contribution in [0.3, 0.4) is 0 Å². The zero-order valence-corrected chi connectivity index (χ0v) is 25.3. The van der Waals surface area contributed by atoms with E-state index in [1.165, 1.54) is 6.07 Å². The highest BCUT2D eigenvalue weighted by molar-refractivity contribution is 6.12. The number of phenols is 5. The first-order valence-electron chi connectivity index (χ1n) is 14.2. The number of aryl methyl sites for hydroxylation is 2. The number of phenolic OH excluding ortho intramolecular Hbond substituents is 5. The number of aromatic hydroxyl groups is 5. The van der Waals surface area contributed by atoms with Crippen LogP contribution in [0.1, 0.15) is 72.1 Å². The van der Waals surface area contributed by atoms with Gasteiger partial charge in [-0.25, -0.2) is 0 Å². The maximum atomic E-state index is 12.1. The molecule has 9 nitrogen and oxygen atoms in total. The largest absolute Gasteiger partial charge is 0.507 e. The Kier molecular flexibility index (Phi) is 7.69. The lowest BCUT2D eigenvalue weighted by Gasteiger charge is -2.23. The standard InChI is InChI=1S/C35H35NO8/c1-15(2)26-23-12-18(6)29(33(41)30(23)24(14-37)32(40)34(26)42)28-17(5)11-21-22(31(28)39)13-25(38)35(27(21)16(3)4)44-20-9-7-19(36-43)8-10-20/h7-16,36,38-43H,1-6H3. The number of fused-ring (bicyclic) bond motifs is 2. The third kappa shape index (κ3) is 4.66. The van der Waals surface area contributed by atoms with Crippen LogP contribution in [0, 0.1) is 13.8 Å². The van der Waals surface area contributed by atoms with E-state index in [1.54, 1.807) is 44.2 Å². The highest BCUT2D eigenvalue weighted by Gasteiger charge is 2.28. The molecule has 0 heterocycles. The van der Waals surface area contributed by atoms with Gasteiger partial charge in [0.1, 0.15) is 17.2 Å². The Balaban J connectivity index is 1.81. The summed E-state index contributed by atoms with van der Waals surface area (Å²) in [5.74, 6) is -1.51. The van der Waals surface area contributed by atoms with Crippen LogP contribution < -0.4 is 10.2 Å². The van der Waals surface area contributed by atoms with Crippen molar-refractivity contribution in [1.29, 1.82) is 0 Å². The Morgan fingerprint density at radius 2 is 1.27 bits per heavy atom. The average molecular weight is 598 g/mol. The average Bonchev–Trinajstić information content (AvgIpc) is 2.96. The van der Waals surface area contributed by atoms with Gasteiger partial charge >= 0.3 is 0 Å². The molecule has 0 radical (unpaired) electrons. The fourth-order valence-electron chi connectivity index (χ4n) is 6.16. The quantitative estimate of drug-likeness (QED) is 0.0555. The van der Waals surface area contributed by atoms with Crippen molar-refractivity contribution >= 4 is 33.5 Å². The number of nitrogens with one attached hydrogen (secondary N) is 1. The molecule has 44 heavy (non-hydrogen) atoms. The van der Waals surface area contributed by atoms with Crippen molar-refractivity contribution in [3.8, 4) is 51.4 Å². The van der Waals surface area contributed by atoms with E-state index in [9.17, 15) is 30.3 Å². The lowest BCUT2D eigenvalue weighted by molar-refractivity contribution is 0.112. The normalized spacial score (nSPS) is 11.6. The molecule has 0 aromatic heterocycles. The monoisotopic (exact) mass is 597 g/mol. The second-order valence-corrected chi connectivity index (χ2v) is 11.7. The molecule has 0 saturated carbocycles. The molecule has 0 atom stereocenters. The van der Waals surface area contributed by atoms with Crippen molar-refractivity contribution in [2.24, 2.45) is 0 Å². The number of hydrogen-bond donors (Lipinski definition) is 7. The maximum Gasteiger partial charge on any atom is 0.173 e. The van der Waals surface area contributed by atoms with Gasteiger partial charge in [-0.1, -0.05) is 39.8 Å². The van der Waals surface area contributed by atoms with Gasteiger partial charge in [-0.05, 0) is 77.9 Å². The summed E-state index contributed by atoms with van der Waals surface area (Å²) < 4.78 is 6.11. The summed E-state index contributed by atoms with van der Waals surface area (Å²) in [7, 11) is 0. The van der Waals surface area contributed by atoms with Gasteiger partial charge < -0.3 is 30.3 Å². The first kappa shape index (κ1) is 30.3. The number of hydrogen-bond acceptors (Lipinski definition) is 9. The van der Waals surface area contributed by atoms with E-state index < -0.39 is 11.5 Å². The molecule has 0 amide bonds. The fourth-order valence-corrected chi connectivity index (χ4v) is 6.16. The highest BCUT2D eigenvalue weighted by atomic mass is 16.5. The molecule has 0 aliphatic carbocycles. The van der Waals surface area contributed by atoms with Crippen LogP contribution in [-0.2, 0) is 0 Å². The molecule has 0 aliphatic heterocycles. The minimum absolute atomic E-state index is 0.0652. The summed E-state index contributed by atoms with van der Waals surface area (Å²) >= 11 is 0. The Morgan fingerprint density at radius 1 is 0.705 bits per heavy atom. The van der Waals surface area contributed by atoms with Gasteiger partial charge in [0.25, 0.3) is 0 Å². The van der Waals surface area contributed by atoms with E-state index in [0.717, 1.165) is 0 Å². The molecule has 0 fully saturated rings. The summed E-state index contributed by atoms with van der Waals surface area (Å²) in [6, 6.07) is 11.5. The Hall–Kier alpha value is -5.15. The van der Waals surface area contributed by atoms with E-state index >= 15 is 0 Å².